The Morgan fingerprint density at radius 2 is 2.11 bits per heavy atom. The molecule has 104 valence electrons. The van der Waals surface area contributed by atoms with Crippen LogP contribution in [0.5, 0.6) is 0 Å². The number of nitrogens with one attached hydrogen (secondary N) is 1. The molecule has 0 radical (unpaired) electrons. The molecule has 1 amide bonds. The van der Waals surface area contributed by atoms with E-state index in [9.17, 15) is 9.59 Å². The second-order valence-electron chi connectivity index (χ2n) is 5.95. The molecule has 1 heterocycles. The molecule has 2 N–H and O–H groups in total. The third-order valence-corrected chi connectivity index (χ3v) is 3.25. The summed E-state index contributed by atoms with van der Waals surface area (Å²) in [5.41, 5.74) is -0.577. The van der Waals surface area contributed by atoms with E-state index in [-0.39, 0.29) is 0 Å². The molecule has 0 spiro atoms. The number of carbonyl (C=O) groups is 2. The van der Waals surface area contributed by atoms with Gasteiger partial charge in [0.25, 0.3) is 0 Å². The molecule has 0 aromatic rings. The van der Waals surface area contributed by atoms with Crippen molar-refractivity contribution in [1.29, 1.82) is 0 Å². The Bertz CT molecular complexity index is 303. The highest BCUT2D eigenvalue weighted by molar-refractivity contribution is 5.97. The molecule has 2 unspecified atom stereocenters. The van der Waals surface area contributed by atoms with Crippen LogP contribution in [-0.2, 0) is 14.3 Å². The van der Waals surface area contributed by atoms with Gasteiger partial charge in [-0.2, -0.15) is 0 Å². The smallest absolute Gasteiger partial charge is 0.316 e. The Morgan fingerprint density at radius 3 is 2.56 bits per heavy atom. The minimum absolute atomic E-state index is 0.395. The fourth-order valence-electron chi connectivity index (χ4n) is 2.19. The number of carbonyl (C=O) groups excluding carboxylic acids is 1. The normalized spacial score (nSPS) is 21.6. The molecular weight excluding hydrogens is 234 g/mol. The van der Waals surface area contributed by atoms with Gasteiger partial charge in [0.2, 0.25) is 5.91 Å². The summed E-state index contributed by atoms with van der Waals surface area (Å²) in [6.45, 7) is 7.34. The summed E-state index contributed by atoms with van der Waals surface area (Å²) >= 11 is 0. The molecule has 0 saturated carbocycles. The zero-order chi connectivity index (χ0) is 13.8. The predicted molar refractivity (Wildman–Crippen MR) is 67.1 cm³/mol. The largest absolute Gasteiger partial charge is 0.481 e. The first-order valence-corrected chi connectivity index (χ1v) is 6.40. The fourth-order valence-corrected chi connectivity index (χ4v) is 2.19. The van der Waals surface area contributed by atoms with Crippen LogP contribution in [0.2, 0.25) is 0 Å². The van der Waals surface area contributed by atoms with Crippen molar-refractivity contribution in [3.63, 3.8) is 0 Å². The van der Waals surface area contributed by atoms with Crippen LogP contribution < -0.4 is 5.32 Å². The van der Waals surface area contributed by atoms with Crippen LogP contribution in [0.1, 0.15) is 33.6 Å². The maximum atomic E-state index is 11.9. The summed E-state index contributed by atoms with van der Waals surface area (Å²) in [7, 11) is 0. The number of rotatable bonds is 5. The highest BCUT2D eigenvalue weighted by Gasteiger charge is 2.37. The van der Waals surface area contributed by atoms with Gasteiger partial charge in [0.05, 0.1) is 0 Å². The van der Waals surface area contributed by atoms with Crippen molar-refractivity contribution < 1.29 is 19.4 Å². The molecule has 1 rings (SSSR count). The van der Waals surface area contributed by atoms with Crippen molar-refractivity contribution in [3.05, 3.63) is 0 Å². The Hall–Kier alpha value is -1.10. The number of amides is 1. The molecule has 5 heteroatoms. The van der Waals surface area contributed by atoms with E-state index in [2.05, 4.69) is 5.32 Å². The van der Waals surface area contributed by atoms with Crippen LogP contribution >= 0.6 is 0 Å². The Balaban J connectivity index is 2.39. The van der Waals surface area contributed by atoms with Gasteiger partial charge < -0.3 is 15.2 Å². The standard InChI is InChI=1S/C13H23NO4/c1-13(2,3)10(12(16)17)11(15)14-6-4-9-5-7-18-8-9/h9-10H,4-8H2,1-3H3,(H,14,15)(H,16,17). The minimum Gasteiger partial charge on any atom is -0.481 e. The molecule has 18 heavy (non-hydrogen) atoms. The maximum Gasteiger partial charge on any atom is 0.316 e. The van der Waals surface area contributed by atoms with Gasteiger partial charge in [-0.25, -0.2) is 0 Å². The predicted octanol–water partition coefficient (Wildman–Crippen LogP) is 1.28. The molecule has 0 bridgehead atoms. The molecule has 1 aliphatic rings. The van der Waals surface area contributed by atoms with E-state index in [0.29, 0.717) is 12.5 Å². The van der Waals surface area contributed by atoms with Crippen molar-refractivity contribution in [2.75, 3.05) is 19.8 Å². The molecule has 1 aliphatic heterocycles. The first-order valence-electron chi connectivity index (χ1n) is 6.40. The second kappa shape index (κ2) is 6.18. The van der Waals surface area contributed by atoms with Gasteiger partial charge in [0.15, 0.2) is 0 Å². The topological polar surface area (TPSA) is 75.6 Å². The highest BCUT2D eigenvalue weighted by atomic mass is 16.5. The van der Waals surface area contributed by atoms with Crippen LogP contribution in [0.4, 0.5) is 0 Å². The van der Waals surface area contributed by atoms with Gasteiger partial charge in [-0.15, -0.1) is 0 Å². The Labute approximate surface area is 108 Å². The first kappa shape index (κ1) is 15.0. The van der Waals surface area contributed by atoms with Crippen LogP contribution in [0, 0.1) is 17.3 Å². The lowest BCUT2D eigenvalue weighted by atomic mass is 9.80. The molecule has 1 saturated heterocycles. The molecule has 1 fully saturated rings. The maximum absolute atomic E-state index is 11.9. The number of hydrogen-bond donors (Lipinski definition) is 2. The van der Waals surface area contributed by atoms with Gasteiger partial charge in [-0.3, -0.25) is 9.59 Å². The van der Waals surface area contributed by atoms with Crippen molar-refractivity contribution in [2.24, 2.45) is 17.3 Å². The van der Waals surface area contributed by atoms with Gasteiger partial charge >= 0.3 is 5.97 Å². The number of carboxylic acid groups (broad SMARTS) is 1. The first-order chi connectivity index (χ1) is 8.32. The minimum atomic E-state index is -1.07. The van der Waals surface area contributed by atoms with E-state index in [0.717, 1.165) is 26.1 Å². The summed E-state index contributed by atoms with van der Waals surface area (Å²) in [6, 6.07) is 0. The van der Waals surface area contributed by atoms with Gasteiger partial charge in [0, 0.05) is 19.8 Å². The zero-order valence-corrected chi connectivity index (χ0v) is 11.4. The summed E-state index contributed by atoms with van der Waals surface area (Å²) in [5, 5.41) is 11.8. The summed E-state index contributed by atoms with van der Waals surface area (Å²) in [6.07, 6.45) is 1.87. The van der Waals surface area contributed by atoms with E-state index < -0.39 is 23.2 Å². The van der Waals surface area contributed by atoms with E-state index in [4.69, 9.17) is 9.84 Å². The SMILES string of the molecule is CC(C)(C)C(C(=O)O)C(=O)NCCC1CCOC1. The molecule has 2 atom stereocenters. The molecule has 0 aliphatic carbocycles. The van der Waals surface area contributed by atoms with Crippen LogP contribution in [0.3, 0.4) is 0 Å². The molecular formula is C13H23NO4. The lowest BCUT2D eigenvalue weighted by Crippen LogP contribution is -2.43. The number of carboxylic acids is 1. The average molecular weight is 257 g/mol. The van der Waals surface area contributed by atoms with Gasteiger partial charge in [0.1, 0.15) is 5.92 Å². The van der Waals surface area contributed by atoms with Crippen molar-refractivity contribution in [3.8, 4) is 0 Å². The molecule has 5 nitrogen and oxygen atoms in total. The number of ether oxygens (including phenoxy) is 1. The summed E-state index contributed by atoms with van der Waals surface area (Å²) in [4.78, 5) is 23.0. The van der Waals surface area contributed by atoms with Crippen LogP contribution in [-0.4, -0.2) is 36.7 Å². The molecule has 0 aromatic heterocycles. The second-order valence-corrected chi connectivity index (χ2v) is 5.95. The number of hydrogen-bond acceptors (Lipinski definition) is 3. The summed E-state index contributed by atoms with van der Waals surface area (Å²) in [5.74, 6) is -1.97. The van der Waals surface area contributed by atoms with Crippen molar-refractivity contribution >= 4 is 11.9 Å². The average Bonchev–Trinajstić information content (AvgIpc) is 2.67. The summed E-state index contributed by atoms with van der Waals surface area (Å²) < 4.78 is 5.25. The third kappa shape index (κ3) is 4.29. The van der Waals surface area contributed by atoms with Crippen LogP contribution in [0.25, 0.3) is 0 Å². The number of aliphatic carboxylic acids is 1. The van der Waals surface area contributed by atoms with E-state index in [1.165, 1.54) is 0 Å². The van der Waals surface area contributed by atoms with Crippen molar-refractivity contribution in [1.82, 2.24) is 5.32 Å². The highest BCUT2D eigenvalue weighted by Crippen LogP contribution is 2.26. The third-order valence-electron chi connectivity index (χ3n) is 3.25. The van der Waals surface area contributed by atoms with E-state index in [1.54, 1.807) is 20.8 Å². The van der Waals surface area contributed by atoms with Crippen LogP contribution in [0.15, 0.2) is 0 Å². The monoisotopic (exact) mass is 257 g/mol. The fraction of sp³-hybridized carbons (Fsp3) is 0.846. The molecule has 0 aromatic carbocycles. The lowest BCUT2D eigenvalue weighted by molar-refractivity contribution is -0.151. The Kier molecular flexibility index (Phi) is 5.14. The lowest BCUT2D eigenvalue weighted by Gasteiger charge is -2.26. The van der Waals surface area contributed by atoms with Gasteiger partial charge in [-0.1, -0.05) is 20.8 Å². The zero-order valence-electron chi connectivity index (χ0n) is 11.4. The van der Waals surface area contributed by atoms with Gasteiger partial charge in [-0.05, 0) is 24.2 Å². The quantitative estimate of drug-likeness (QED) is 0.727. The van der Waals surface area contributed by atoms with E-state index >= 15 is 0 Å². The Morgan fingerprint density at radius 1 is 1.44 bits per heavy atom. The van der Waals surface area contributed by atoms with E-state index in [1.807, 2.05) is 0 Å². The van der Waals surface area contributed by atoms with Crippen molar-refractivity contribution in [2.45, 2.75) is 33.6 Å².